The topological polar surface area (TPSA) is 37.8 Å². The quantitative estimate of drug-likeness (QED) is 0.872. The van der Waals surface area contributed by atoms with E-state index in [0.717, 1.165) is 12.5 Å². The lowest BCUT2D eigenvalue weighted by Gasteiger charge is -2.19. The van der Waals surface area contributed by atoms with Gasteiger partial charge in [0, 0.05) is 12.4 Å². The minimum Gasteiger partial charge on any atom is -0.343 e. The molecule has 17 heavy (non-hydrogen) atoms. The fraction of sp³-hybridized carbons (Fsp3) is 0.636. The number of rotatable bonds is 2. The van der Waals surface area contributed by atoms with Crippen LogP contribution in [0, 0.1) is 0 Å². The van der Waals surface area contributed by atoms with Gasteiger partial charge >= 0.3 is 6.18 Å². The Kier molecular flexibility index (Phi) is 3.64. The number of alkyl halides is 3. The van der Waals surface area contributed by atoms with Crippen LogP contribution in [0.2, 0.25) is 0 Å². The number of halogens is 3. The fourth-order valence-corrected chi connectivity index (χ4v) is 1.07. The molecule has 1 rings (SSSR count). The predicted molar refractivity (Wildman–Crippen MR) is 59.9 cm³/mol. The van der Waals surface area contributed by atoms with Crippen LogP contribution in [0.5, 0.6) is 0 Å². The molecular formula is C11H16F3N3. The molecule has 3 nitrogen and oxygen atoms in total. The van der Waals surface area contributed by atoms with Gasteiger partial charge < -0.3 is 5.32 Å². The molecule has 0 aliphatic carbocycles. The van der Waals surface area contributed by atoms with Gasteiger partial charge in [-0.15, -0.1) is 0 Å². The fourth-order valence-electron chi connectivity index (χ4n) is 1.07. The first-order valence-electron chi connectivity index (χ1n) is 5.26. The van der Waals surface area contributed by atoms with Crippen molar-refractivity contribution < 1.29 is 13.2 Å². The first kappa shape index (κ1) is 13.7. The van der Waals surface area contributed by atoms with E-state index < -0.39 is 12.2 Å². The van der Waals surface area contributed by atoms with E-state index in [9.17, 15) is 13.2 Å². The van der Waals surface area contributed by atoms with E-state index in [1.165, 1.54) is 0 Å². The Bertz CT molecular complexity index is 365. The second-order valence-electron chi connectivity index (χ2n) is 4.95. The Morgan fingerprint density at radius 2 is 1.59 bits per heavy atom. The predicted octanol–water partition coefficient (Wildman–Crippen LogP) is 3.14. The zero-order valence-electron chi connectivity index (χ0n) is 10.3. The molecule has 1 N–H and O–H groups in total. The molecule has 0 aliphatic heterocycles. The van der Waals surface area contributed by atoms with E-state index in [1.54, 1.807) is 12.4 Å². The number of nitrogens with one attached hydrogen (secondary N) is 1. The summed E-state index contributed by atoms with van der Waals surface area (Å²) in [5.41, 5.74) is 0.761. The molecule has 0 fully saturated rings. The van der Waals surface area contributed by atoms with Crippen molar-refractivity contribution in [3.05, 3.63) is 18.0 Å². The first-order valence-corrected chi connectivity index (χ1v) is 5.26. The summed E-state index contributed by atoms with van der Waals surface area (Å²) in [6.07, 6.45) is -1.22. The van der Waals surface area contributed by atoms with Crippen LogP contribution in [0.15, 0.2) is 12.4 Å². The molecule has 0 bridgehead atoms. The average Bonchev–Trinajstić information content (AvgIpc) is 2.15. The molecule has 0 saturated heterocycles. The lowest BCUT2D eigenvalue weighted by Crippen LogP contribution is -2.33. The average molecular weight is 247 g/mol. The molecule has 0 saturated carbocycles. The van der Waals surface area contributed by atoms with Crippen LogP contribution >= 0.6 is 0 Å². The molecule has 0 spiro atoms. The molecule has 1 aromatic heterocycles. The Labute approximate surface area is 98.5 Å². The molecule has 0 radical (unpaired) electrons. The van der Waals surface area contributed by atoms with Gasteiger partial charge in [0.25, 0.3) is 0 Å². The molecule has 1 heterocycles. The van der Waals surface area contributed by atoms with Gasteiger partial charge in [-0.1, -0.05) is 20.8 Å². The van der Waals surface area contributed by atoms with Crippen LogP contribution in [0.1, 0.15) is 33.3 Å². The van der Waals surface area contributed by atoms with Crippen LogP contribution in [-0.4, -0.2) is 22.2 Å². The Hall–Kier alpha value is -1.33. The van der Waals surface area contributed by atoms with Crippen molar-refractivity contribution in [1.82, 2.24) is 9.97 Å². The Balaban J connectivity index is 2.76. The number of hydrogen-bond acceptors (Lipinski definition) is 3. The van der Waals surface area contributed by atoms with Crippen LogP contribution < -0.4 is 5.32 Å². The molecule has 0 aromatic carbocycles. The van der Waals surface area contributed by atoms with Crippen molar-refractivity contribution in [3.8, 4) is 0 Å². The summed E-state index contributed by atoms with van der Waals surface area (Å²) in [5, 5.41) is 2.21. The van der Waals surface area contributed by atoms with Gasteiger partial charge in [0.05, 0.1) is 0 Å². The van der Waals surface area contributed by atoms with Gasteiger partial charge in [-0.05, 0) is 17.9 Å². The highest BCUT2D eigenvalue weighted by Crippen LogP contribution is 2.23. The van der Waals surface area contributed by atoms with E-state index in [2.05, 4.69) is 15.3 Å². The summed E-state index contributed by atoms with van der Waals surface area (Å²) in [6.45, 7) is 6.98. The number of nitrogens with zero attached hydrogens (tertiary/aromatic N) is 2. The smallest absolute Gasteiger partial charge is 0.343 e. The lowest BCUT2D eigenvalue weighted by atomic mass is 9.89. The molecular weight excluding hydrogens is 231 g/mol. The largest absolute Gasteiger partial charge is 0.408 e. The van der Waals surface area contributed by atoms with Gasteiger partial charge in [0.15, 0.2) is 0 Å². The summed E-state index contributed by atoms with van der Waals surface area (Å²) < 4.78 is 36.9. The van der Waals surface area contributed by atoms with E-state index in [1.807, 2.05) is 20.8 Å². The van der Waals surface area contributed by atoms with E-state index in [0.29, 0.717) is 0 Å². The van der Waals surface area contributed by atoms with Crippen molar-refractivity contribution in [2.75, 3.05) is 5.32 Å². The molecule has 0 unspecified atom stereocenters. The van der Waals surface area contributed by atoms with Crippen LogP contribution in [0.3, 0.4) is 0 Å². The standard InChI is InChI=1S/C11H16F3N3/c1-7(11(12,13)14)17-9-15-5-8(6-16-9)10(2,3)4/h5-7H,1-4H3,(H,15,16,17)/t7-/m1/s1. The monoisotopic (exact) mass is 247 g/mol. The summed E-state index contributed by atoms with van der Waals surface area (Å²) >= 11 is 0. The summed E-state index contributed by atoms with van der Waals surface area (Å²) in [7, 11) is 0. The highest BCUT2D eigenvalue weighted by molar-refractivity contribution is 5.28. The maximum atomic E-state index is 12.3. The van der Waals surface area contributed by atoms with Gasteiger partial charge in [0.2, 0.25) is 5.95 Å². The van der Waals surface area contributed by atoms with Crippen molar-refractivity contribution in [2.45, 2.75) is 45.3 Å². The van der Waals surface area contributed by atoms with Crippen molar-refractivity contribution in [3.63, 3.8) is 0 Å². The number of hydrogen-bond donors (Lipinski definition) is 1. The first-order chi connectivity index (χ1) is 7.60. The van der Waals surface area contributed by atoms with Gasteiger partial charge in [0.1, 0.15) is 6.04 Å². The summed E-state index contributed by atoms with van der Waals surface area (Å²) in [6, 6.07) is -1.66. The third kappa shape index (κ3) is 3.87. The normalized spacial score (nSPS) is 14.5. The van der Waals surface area contributed by atoms with Crippen molar-refractivity contribution in [1.29, 1.82) is 0 Å². The SMILES string of the molecule is C[C@@H](Nc1ncc(C(C)(C)C)cn1)C(F)(F)F. The minimum atomic E-state index is -4.30. The molecule has 1 atom stereocenters. The van der Waals surface area contributed by atoms with Crippen molar-refractivity contribution >= 4 is 5.95 Å². The minimum absolute atomic E-state index is 0.0113. The summed E-state index contributed by atoms with van der Waals surface area (Å²) in [5.74, 6) is -0.0113. The van der Waals surface area contributed by atoms with Gasteiger partial charge in [-0.2, -0.15) is 13.2 Å². The maximum Gasteiger partial charge on any atom is 0.408 e. The zero-order valence-corrected chi connectivity index (χ0v) is 10.3. The van der Waals surface area contributed by atoms with E-state index >= 15 is 0 Å². The van der Waals surface area contributed by atoms with Crippen molar-refractivity contribution in [2.24, 2.45) is 0 Å². The maximum absolute atomic E-state index is 12.3. The highest BCUT2D eigenvalue weighted by Gasteiger charge is 2.36. The lowest BCUT2D eigenvalue weighted by molar-refractivity contribution is -0.138. The highest BCUT2D eigenvalue weighted by atomic mass is 19.4. The molecule has 96 valence electrons. The van der Waals surface area contributed by atoms with Crippen LogP contribution in [0.25, 0.3) is 0 Å². The molecule has 6 heteroatoms. The number of aromatic nitrogens is 2. The Morgan fingerprint density at radius 1 is 1.12 bits per heavy atom. The second-order valence-corrected chi connectivity index (χ2v) is 4.95. The molecule has 0 amide bonds. The Morgan fingerprint density at radius 3 is 1.94 bits per heavy atom. The third-order valence-corrected chi connectivity index (χ3v) is 2.35. The molecule has 0 aliphatic rings. The van der Waals surface area contributed by atoms with E-state index in [4.69, 9.17) is 0 Å². The van der Waals surface area contributed by atoms with Gasteiger partial charge in [-0.25, -0.2) is 9.97 Å². The van der Waals surface area contributed by atoms with Crippen LogP contribution in [0.4, 0.5) is 19.1 Å². The summed E-state index contributed by atoms with van der Waals surface area (Å²) in [4.78, 5) is 7.75. The zero-order chi connectivity index (χ0) is 13.3. The van der Waals surface area contributed by atoms with Crippen LogP contribution in [-0.2, 0) is 5.41 Å². The number of anilines is 1. The van der Waals surface area contributed by atoms with E-state index in [-0.39, 0.29) is 11.4 Å². The van der Waals surface area contributed by atoms with Gasteiger partial charge in [-0.3, -0.25) is 0 Å². The second kappa shape index (κ2) is 4.50. The third-order valence-electron chi connectivity index (χ3n) is 2.35. The molecule has 1 aromatic rings.